The number of methoxy groups -OCH3 is 1. The zero-order chi connectivity index (χ0) is 18.7. The van der Waals surface area contributed by atoms with Gasteiger partial charge in [0.2, 0.25) is 0 Å². The van der Waals surface area contributed by atoms with Gasteiger partial charge in [-0.25, -0.2) is 10.1 Å². The van der Waals surface area contributed by atoms with Crippen molar-refractivity contribution in [3.05, 3.63) is 57.6 Å². The number of rotatable bonds is 6. The van der Waals surface area contributed by atoms with Crippen LogP contribution in [0.25, 0.3) is 0 Å². The number of anilines is 2. The smallest absolute Gasteiger partial charge is 0.164 e. The molecule has 3 rings (SSSR count). The van der Waals surface area contributed by atoms with E-state index < -0.39 is 5.03 Å². The molecule has 0 amide bonds. The van der Waals surface area contributed by atoms with E-state index in [-0.39, 0.29) is 6.10 Å². The summed E-state index contributed by atoms with van der Waals surface area (Å²) in [6.07, 6.45) is 0.882. The lowest BCUT2D eigenvalue weighted by Gasteiger charge is -2.20. The van der Waals surface area contributed by atoms with Gasteiger partial charge in [0.1, 0.15) is 23.3 Å². The third-order valence-electron chi connectivity index (χ3n) is 4.41. The maximum absolute atomic E-state index is 10.8. The van der Waals surface area contributed by atoms with Crippen molar-refractivity contribution in [1.82, 2.24) is 0 Å². The molecule has 1 heterocycles. The first kappa shape index (κ1) is 18.1. The minimum Gasteiger partial charge on any atom is -0.497 e. The third kappa shape index (κ3) is 3.94. The zero-order valence-corrected chi connectivity index (χ0v) is 15.3. The molecule has 1 saturated heterocycles. The van der Waals surface area contributed by atoms with E-state index in [1.165, 1.54) is 13.1 Å². The summed E-state index contributed by atoms with van der Waals surface area (Å²) in [5, 5.41) is 11.6. The van der Waals surface area contributed by atoms with Crippen LogP contribution in [0.5, 0.6) is 11.5 Å². The van der Waals surface area contributed by atoms with Crippen molar-refractivity contribution in [3.63, 3.8) is 0 Å². The van der Waals surface area contributed by atoms with Crippen LogP contribution < -0.4 is 19.4 Å². The summed E-state index contributed by atoms with van der Waals surface area (Å²) in [5.74, 6) is 1.36. The fourth-order valence-electron chi connectivity index (χ4n) is 2.91. The van der Waals surface area contributed by atoms with E-state index in [4.69, 9.17) is 21.1 Å². The van der Waals surface area contributed by atoms with E-state index in [0.29, 0.717) is 16.5 Å². The summed E-state index contributed by atoms with van der Waals surface area (Å²) in [7, 11) is 3.02. The van der Waals surface area contributed by atoms with Crippen LogP contribution in [0.1, 0.15) is 6.42 Å². The van der Waals surface area contributed by atoms with Crippen LogP contribution in [0, 0.1) is 10.1 Å². The van der Waals surface area contributed by atoms with E-state index in [0.717, 1.165) is 36.0 Å². The molecule has 7 nitrogen and oxygen atoms in total. The molecule has 2 aromatic rings. The van der Waals surface area contributed by atoms with E-state index >= 15 is 0 Å². The second kappa shape index (κ2) is 7.70. The second-order valence-electron chi connectivity index (χ2n) is 6.05. The highest BCUT2D eigenvalue weighted by molar-refractivity contribution is 6.32. The largest absolute Gasteiger partial charge is 0.497 e. The van der Waals surface area contributed by atoms with Crippen LogP contribution in [-0.2, 0) is 0 Å². The first-order valence-electron chi connectivity index (χ1n) is 8.21. The van der Waals surface area contributed by atoms with Crippen molar-refractivity contribution in [3.8, 4) is 11.5 Å². The lowest BCUT2D eigenvalue weighted by molar-refractivity contribution is -0.490. The van der Waals surface area contributed by atoms with Gasteiger partial charge in [-0.2, -0.15) is 0 Å². The van der Waals surface area contributed by atoms with Crippen molar-refractivity contribution in [2.75, 3.05) is 37.2 Å². The Bertz CT molecular complexity index is 785. The van der Waals surface area contributed by atoms with E-state index in [1.807, 2.05) is 24.3 Å². The fraction of sp³-hybridized carbons (Fsp3) is 0.333. The van der Waals surface area contributed by atoms with Gasteiger partial charge in [-0.3, -0.25) is 0 Å². The summed E-state index contributed by atoms with van der Waals surface area (Å²) in [6, 6.07) is 12.8. The third-order valence-corrected chi connectivity index (χ3v) is 4.71. The summed E-state index contributed by atoms with van der Waals surface area (Å²) >= 11 is 6.24. The van der Waals surface area contributed by atoms with Crippen LogP contribution in [0.2, 0.25) is 5.02 Å². The van der Waals surface area contributed by atoms with Gasteiger partial charge in [0.25, 0.3) is 0 Å². The summed E-state index contributed by atoms with van der Waals surface area (Å²) in [5.41, 5.74) is 1.52. The number of benzene rings is 2. The average molecular weight is 378 g/mol. The van der Waals surface area contributed by atoms with Crippen LogP contribution in [0.3, 0.4) is 0 Å². The van der Waals surface area contributed by atoms with Gasteiger partial charge in [-0.1, -0.05) is 16.6 Å². The van der Waals surface area contributed by atoms with Gasteiger partial charge in [0.15, 0.2) is 5.03 Å². The molecule has 1 fully saturated rings. The molecule has 0 bridgehead atoms. The van der Waals surface area contributed by atoms with Gasteiger partial charge in [-0.15, -0.1) is 0 Å². The van der Waals surface area contributed by atoms with Gasteiger partial charge in [0.05, 0.1) is 25.7 Å². The summed E-state index contributed by atoms with van der Waals surface area (Å²) < 4.78 is 11.2. The Morgan fingerprint density at radius 2 is 2.00 bits per heavy atom. The second-order valence-corrected chi connectivity index (χ2v) is 6.46. The van der Waals surface area contributed by atoms with Crippen molar-refractivity contribution in [2.24, 2.45) is 0 Å². The van der Waals surface area contributed by atoms with Crippen molar-refractivity contribution in [1.29, 1.82) is 0 Å². The van der Waals surface area contributed by atoms with Crippen LogP contribution in [0.15, 0.2) is 42.5 Å². The van der Waals surface area contributed by atoms with Gasteiger partial charge >= 0.3 is 0 Å². The first-order valence-corrected chi connectivity index (χ1v) is 8.59. The molecule has 1 aliphatic rings. The quantitative estimate of drug-likeness (QED) is 0.565. The van der Waals surface area contributed by atoms with E-state index in [2.05, 4.69) is 4.90 Å². The van der Waals surface area contributed by atoms with Crippen LogP contribution >= 0.6 is 11.6 Å². The molecule has 0 spiro atoms. The molecule has 1 unspecified atom stereocenters. The van der Waals surface area contributed by atoms with Crippen molar-refractivity contribution >= 4 is 23.0 Å². The van der Waals surface area contributed by atoms with Crippen LogP contribution in [0.4, 0.5) is 11.4 Å². The number of hydrogen-bond acceptors (Lipinski definition) is 5. The Labute approximate surface area is 156 Å². The van der Waals surface area contributed by atoms with E-state index in [1.54, 1.807) is 19.2 Å². The lowest BCUT2D eigenvalue weighted by atomic mass is 10.2. The first-order chi connectivity index (χ1) is 12.5. The van der Waals surface area contributed by atoms with Gasteiger partial charge in [-0.05, 0) is 42.5 Å². The highest BCUT2D eigenvalue weighted by atomic mass is 35.5. The lowest BCUT2D eigenvalue weighted by Crippen LogP contribution is -2.25. The zero-order valence-electron chi connectivity index (χ0n) is 14.6. The number of nitro groups is 1. The summed E-state index contributed by atoms with van der Waals surface area (Å²) in [4.78, 5) is 13.1. The minimum absolute atomic E-state index is 0.00805. The standard InChI is InChI=1S/C18H20ClN3O4/c1-20(22(23)24)14-5-8-18(17(19)11-14)26-16-9-10-21(12-16)13-3-6-15(25-2)7-4-13/h3-8,11,16H,9-10,12H2,1-2H3. The molecule has 0 N–H and O–H groups in total. The molecule has 1 aliphatic heterocycles. The Hall–Kier alpha value is -2.67. The molecule has 0 saturated carbocycles. The van der Waals surface area contributed by atoms with Gasteiger partial charge in [0, 0.05) is 18.7 Å². The topological polar surface area (TPSA) is 68.1 Å². The molecule has 0 radical (unpaired) electrons. The van der Waals surface area contributed by atoms with Gasteiger partial charge < -0.3 is 14.4 Å². The molecular formula is C18H20ClN3O4. The Morgan fingerprint density at radius 3 is 2.62 bits per heavy atom. The number of hydrogen-bond donors (Lipinski definition) is 0. The van der Waals surface area contributed by atoms with E-state index in [9.17, 15) is 10.1 Å². The Balaban J connectivity index is 1.64. The SMILES string of the molecule is COc1ccc(N2CCC(Oc3ccc(N(C)[N+](=O)[O-])cc3Cl)C2)cc1. The molecular weight excluding hydrogens is 358 g/mol. The number of halogens is 1. The maximum Gasteiger partial charge on any atom is 0.164 e. The Morgan fingerprint density at radius 1 is 1.27 bits per heavy atom. The fourth-order valence-corrected chi connectivity index (χ4v) is 3.13. The molecule has 1 atom stereocenters. The number of ether oxygens (including phenoxy) is 2. The highest BCUT2D eigenvalue weighted by Gasteiger charge is 2.25. The average Bonchev–Trinajstić information content (AvgIpc) is 3.11. The maximum atomic E-state index is 10.8. The molecule has 0 aromatic heterocycles. The summed E-state index contributed by atoms with van der Waals surface area (Å²) in [6.45, 7) is 1.63. The molecule has 26 heavy (non-hydrogen) atoms. The molecule has 0 aliphatic carbocycles. The van der Waals surface area contributed by atoms with Crippen LogP contribution in [-0.4, -0.2) is 38.4 Å². The van der Waals surface area contributed by atoms with Crippen molar-refractivity contribution in [2.45, 2.75) is 12.5 Å². The monoisotopic (exact) mass is 377 g/mol. The number of hydrazine groups is 1. The molecule has 2 aromatic carbocycles. The minimum atomic E-state index is -0.504. The Kier molecular flexibility index (Phi) is 5.37. The predicted octanol–water partition coefficient (Wildman–Crippen LogP) is 3.63. The van der Waals surface area contributed by atoms with Crippen molar-refractivity contribution < 1.29 is 14.5 Å². The predicted molar refractivity (Wildman–Crippen MR) is 101 cm³/mol. The molecule has 8 heteroatoms. The highest BCUT2D eigenvalue weighted by Crippen LogP contribution is 2.32. The number of nitrogens with zero attached hydrogens (tertiary/aromatic N) is 3. The normalized spacial score (nSPS) is 16.4. The molecule has 138 valence electrons.